The number of anilines is 2. The van der Waals surface area contributed by atoms with Crippen molar-refractivity contribution in [3.8, 4) is 5.88 Å². The van der Waals surface area contributed by atoms with Crippen LogP contribution < -0.4 is 15.0 Å². The molecule has 2 aromatic heterocycles. The van der Waals surface area contributed by atoms with E-state index in [1.165, 1.54) is 19.3 Å². The molecule has 26 heavy (non-hydrogen) atoms. The van der Waals surface area contributed by atoms with Crippen LogP contribution in [-0.2, 0) is 4.74 Å². The van der Waals surface area contributed by atoms with Crippen LogP contribution in [0.25, 0.3) is 0 Å². The quantitative estimate of drug-likeness (QED) is 0.769. The molecule has 1 fully saturated rings. The number of nitrogens with zero attached hydrogens (tertiary/aromatic N) is 3. The van der Waals surface area contributed by atoms with Crippen LogP contribution in [0.3, 0.4) is 0 Å². The molecule has 2 aromatic rings. The summed E-state index contributed by atoms with van der Waals surface area (Å²) >= 11 is 0. The average Bonchev–Trinajstić information content (AvgIpc) is 2.70. The summed E-state index contributed by atoms with van der Waals surface area (Å²) in [5.41, 5.74) is 1.46. The summed E-state index contributed by atoms with van der Waals surface area (Å²) in [6, 6.07) is 7.19. The van der Waals surface area contributed by atoms with Gasteiger partial charge in [-0.05, 0) is 43.5 Å². The number of pyridine rings is 2. The number of amides is 1. The number of ether oxygens (including phenoxy) is 2. The van der Waals surface area contributed by atoms with Gasteiger partial charge in [0.05, 0.1) is 18.5 Å². The van der Waals surface area contributed by atoms with E-state index >= 15 is 0 Å². The zero-order chi connectivity index (χ0) is 18.2. The molecule has 0 atom stereocenters. The van der Waals surface area contributed by atoms with Gasteiger partial charge in [0.25, 0.3) is 5.91 Å². The van der Waals surface area contributed by atoms with E-state index in [1.807, 2.05) is 12.1 Å². The molecule has 0 aromatic carbocycles. The van der Waals surface area contributed by atoms with E-state index in [9.17, 15) is 4.79 Å². The number of nitrogens with one attached hydrogen (secondary N) is 1. The summed E-state index contributed by atoms with van der Waals surface area (Å²) in [6.45, 7) is 2.88. The van der Waals surface area contributed by atoms with E-state index in [4.69, 9.17) is 9.47 Å². The molecule has 0 spiro atoms. The lowest BCUT2D eigenvalue weighted by Gasteiger charge is -2.28. The third-order valence-electron chi connectivity index (χ3n) is 4.25. The van der Waals surface area contributed by atoms with Gasteiger partial charge in [-0.3, -0.25) is 4.79 Å². The van der Waals surface area contributed by atoms with Crippen molar-refractivity contribution >= 4 is 17.4 Å². The Morgan fingerprint density at radius 1 is 1.15 bits per heavy atom. The van der Waals surface area contributed by atoms with Gasteiger partial charge in [-0.15, -0.1) is 0 Å². The minimum atomic E-state index is -0.302. The van der Waals surface area contributed by atoms with E-state index in [1.54, 1.807) is 31.6 Å². The van der Waals surface area contributed by atoms with Crippen molar-refractivity contribution in [3.05, 3.63) is 42.2 Å². The first-order valence-electron chi connectivity index (χ1n) is 8.87. The normalized spacial score (nSPS) is 14.1. The Morgan fingerprint density at radius 2 is 2.00 bits per heavy atom. The van der Waals surface area contributed by atoms with Crippen molar-refractivity contribution in [3.63, 3.8) is 0 Å². The molecule has 1 saturated heterocycles. The van der Waals surface area contributed by atoms with Crippen LogP contribution in [0.1, 0.15) is 29.6 Å². The third-order valence-corrected chi connectivity index (χ3v) is 4.25. The Balaban J connectivity index is 1.64. The summed E-state index contributed by atoms with van der Waals surface area (Å²) in [4.78, 5) is 23.4. The van der Waals surface area contributed by atoms with Crippen LogP contribution in [-0.4, -0.2) is 49.3 Å². The van der Waals surface area contributed by atoms with Crippen LogP contribution in [0.15, 0.2) is 36.7 Å². The molecule has 1 N–H and O–H groups in total. The Bertz CT molecular complexity index is 715. The maximum Gasteiger partial charge on any atom is 0.262 e. The van der Waals surface area contributed by atoms with Gasteiger partial charge in [-0.2, -0.15) is 0 Å². The van der Waals surface area contributed by atoms with E-state index < -0.39 is 0 Å². The summed E-state index contributed by atoms with van der Waals surface area (Å²) in [5.74, 6) is 0.484. The average molecular weight is 356 g/mol. The van der Waals surface area contributed by atoms with Crippen LogP contribution in [0.4, 0.5) is 11.5 Å². The first-order valence-corrected chi connectivity index (χ1v) is 8.87. The first-order chi connectivity index (χ1) is 12.8. The number of carbonyl (C=O) groups excluding carboxylic acids is 1. The number of rotatable bonds is 7. The fourth-order valence-corrected chi connectivity index (χ4v) is 2.88. The number of carbonyl (C=O) groups is 1. The van der Waals surface area contributed by atoms with Crippen LogP contribution in [0.2, 0.25) is 0 Å². The Morgan fingerprint density at radius 3 is 2.73 bits per heavy atom. The molecule has 0 saturated carbocycles. The van der Waals surface area contributed by atoms with Crippen LogP contribution >= 0.6 is 0 Å². The minimum absolute atomic E-state index is 0.284. The summed E-state index contributed by atoms with van der Waals surface area (Å²) in [6.07, 6.45) is 7.11. The van der Waals surface area contributed by atoms with E-state index in [0.29, 0.717) is 24.6 Å². The number of hydrogen-bond donors (Lipinski definition) is 1. The standard InChI is InChI=1S/C19H24N4O3/c1-25-12-13-26-19-16(6-5-9-20-19)18(24)22-17-8-7-15(14-21-17)23-10-3-2-4-11-23/h5-9,14H,2-4,10-13H2,1H3,(H,21,22,24). The second-order valence-electron chi connectivity index (χ2n) is 6.10. The third kappa shape index (κ3) is 4.70. The second kappa shape index (κ2) is 9.15. The zero-order valence-electron chi connectivity index (χ0n) is 15.0. The fraction of sp³-hybridized carbons (Fsp3) is 0.421. The second-order valence-corrected chi connectivity index (χ2v) is 6.10. The first kappa shape index (κ1) is 18.1. The highest BCUT2D eigenvalue weighted by atomic mass is 16.5. The molecule has 0 unspecified atom stereocenters. The highest BCUT2D eigenvalue weighted by Gasteiger charge is 2.15. The Kier molecular flexibility index (Phi) is 6.38. The van der Waals surface area contributed by atoms with Crippen molar-refractivity contribution in [2.24, 2.45) is 0 Å². The van der Waals surface area contributed by atoms with Gasteiger partial charge < -0.3 is 19.7 Å². The maximum atomic E-state index is 12.5. The molecule has 3 heterocycles. The Hall–Kier alpha value is -2.67. The fourth-order valence-electron chi connectivity index (χ4n) is 2.88. The molecule has 7 heteroatoms. The lowest BCUT2D eigenvalue weighted by Crippen LogP contribution is -2.29. The number of methoxy groups -OCH3 is 1. The van der Waals surface area contributed by atoms with E-state index in [0.717, 1.165) is 18.8 Å². The predicted octanol–water partition coefficient (Wildman–Crippen LogP) is 2.74. The molecule has 0 bridgehead atoms. The van der Waals surface area contributed by atoms with Gasteiger partial charge in [-0.25, -0.2) is 9.97 Å². The molecule has 0 aliphatic carbocycles. The number of aromatic nitrogens is 2. The molecule has 1 amide bonds. The SMILES string of the molecule is COCCOc1ncccc1C(=O)Nc1ccc(N2CCCCC2)cn1. The molecule has 1 aliphatic heterocycles. The minimum Gasteiger partial charge on any atom is -0.475 e. The van der Waals surface area contributed by atoms with Crippen molar-refractivity contribution in [1.82, 2.24) is 9.97 Å². The smallest absolute Gasteiger partial charge is 0.262 e. The van der Waals surface area contributed by atoms with Gasteiger partial charge >= 0.3 is 0 Å². The van der Waals surface area contributed by atoms with Gasteiger partial charge in [0.2, 0.25) is 5.88 Å². The molecule has 7 nitrogen and oxygen atoms in total. The molecule has 138 valence electrons. The van der Waals surface area contributed by atoms with Gasteiger partial charge in [0.1, 0.15) is 18.0 Å². The number of hydrogen-bond acceptors (Lipinski definition) is 6. The summed E-state index contributed by atoms with van der Waals surface area (Å²) in [5, 5.41) is 2.80. The molecular weight excluding hydrogens is 332 g/mol. The van der Waals surface area contributed by atoms with E-state index in [2.05, 4.69) is 20.2 Å². The lowest BCUT2D eigenvalue weighted by molar-refractivity contribution is 0.101. The molecule has 3 rings (SSSR count). The van der Waals surface area contributed by atoms with Crippen molar-refractivity contribution in [2.45, 2.75) is 19.3 Å². The summed E-state index contributed by atoms with van der Waals surface area (Å²) in [7, 11) is 1.59. The Labute approximate surface area is 153 Å². The maximum absolute atomic E-state index is 12.5. The largest absolute Gasteiger partial charge is 0.475 e. The van der Waals surface area contributed by atoms with E-state index in [-0.39, 0.29) is 11.8 Å². The topological polar surface area (TPSA) is 76.6 Å². The lowest BCUT2D eigenvalue weighted by atomic mass is 10.1. The highest BCUT2D eigenvalue weighted by molar-refractivity contribution is 6.05. The summed E-state index contributed by atoms with van der Waals surface area (Å²) < 4.78 is 10.5. The highest BCUT2D eigenvalue weighted by Crippen LogP contribution is 2.21. The van der Waals surface area contributed by atoms with Gasteiger partial charge in [-0.1, -0.05) is 0 Å². The van der Waals surface area contributed by atoms with Crippen LogP contribution in [0.5, 0.6) is 5.88 Å². The molecule has 0 radical (unpaired) electrons. The predicted molar refractivity (Wildman–Crippen MR) is 99.9 cm³/mol. The van der Waals surface area contributed by atoms with Gasteiger partial charge in [0.15, 0.2) is 0 Å². The monoisotopic (exact) mass is 356 g/mol. The van der Waals surface area contributed by atoms with Gasteiger partial charge in [0, 0.05) is 26.4 Å². The molecular formula is C19H24N4O3. The zero-order valence-corrected chi connectivity index (χ0v) is 15.0. The van der Waals surface area contributed by atoms with Crippen LogP contribution in [0, 0.1) is 0 Å². The van der Waals surface area contributed by atoms with Crippen molar-refractivity contribution in [2.75, 3.05) is 43.6 Å². The number of piperidine rings is 1. The van der Waals surface area contributed by atoms with Crippen molar-refractivity contribution < 1.29 is 14.3 Å². The van der Waals surface area contributed by atoms with Crippen molar-refractivity contribution in [1.29, 1.82) is 0 Å². The molecule has 1 aliphatic rings.